The van der Waals surface area contributed by atoms with Crippen LogP contribution in [0.2, 0.25) is 0 Å². The topological polar surface area (TPSA) is 61.0 Å². The first-order valence-corrected chi connectivity index (χ1v) is 8.08. The summed E-state index contributed by atoms with van der Waals surface area (Å²) < 4.78 is 0. The van der Waals surface area contributed by atoms with Crippen LogP contribution in [0.3, 0.4) is 0 Å². The number of imidazole rings is 1. The van der Waals surface area contributed by atoms with Gasteiger partial charge < -0.3 is 10.3 Å². The molecular formula is C17H24N4O. The van der Waals surface area contributed by atoms with E-state index in [1.807, 2.05) is 38.2 Å². The second kappa shape index (κ2) is 6.48. The van der Waals surface area contributed by atoms with Crippen molar-refractivity contribution in [3.8, 4) is 0 Å². The van der Waals surface area contributed by atoms with Crippen molar-refractivity contribution in [1.29, 1.82) is 0 Å². The van der Waals surface area contributed by atoms with Crippen LogP contribution < -0.4 is 5.32 Å². The van der Waals surface area contributed by atoms with Crippen molar-refractivity contribution < 1.29 is 4.79 Å². The van der Waals surface area contributed by atoms with Gasteiger partial charge in [-0.1, -0.05) is 25.0 Å². The van der Waals surface area contributed by atoms with Crippen LogP contribution in [0.5, 0.6) is 0 Å². The van der Waals surface area contributed by atoms with Gasteiger partial charge in [-0.2, -0.15) is 0 Å². The summed E-state index contributed by atoms with van der Waals surface area (Å²) in [6, 6.07) is 8.35. The summed E-state index contributed by atoms with van der Waals surface area (Å²) in [6.45, 7) is 2.42. The van der Waals surface area contributed by atoms with Gasteiger partial charge in [-0.05, 0) is 38.9 Å². The maximum absolute atomic E-state index is 12.2. The number of likely N-dealkylation sites (N-methyl/N-ethyl adjacent to an activating group) is 1. The summed E-state index contributed by atoms with van der Waals surface area (Å²) in [5.74, 6) is 0.862. The van der Waals surface area contributed by atoms with E-state index >= 15 is 0 Å². The summed E-state index contributed by atoms with van der Waals surface area (Å²) in [7, 11) is 2.04. The molecule has 1 aromatic carbocycles. The highest BCUT2D eigenvalue weighted by molar-refractivity contribution is 5.79. The lowest BCUT2D eigenvalue weighted by molar-refractivity contribution is -0.123. The molecule has 1 fully saturated rings. The van der Waals surface area contributed by atoms with Crippen molar-refractivity contribution in [3.05, 3.63) is 30.1 Å². The first kappa shape index (κ1) is 15.0. The average Bonchev–Trinajstić information content (AvgIpc) is 3.16. The Bertz CT molecular complexity index is 612. The number of rotatable bonds is 5. The van der Waals surface area contributed by atoms with Crippen molar-refractivity contribution >= 4 is 16.9 Å². The predicted octanol–water partition coefficient (Wildman–Crippen LogP) is 2.61. The van der Waals surface area contributed by atoms with Gasteiger partial charge in [-0.15, -0.1) is 0 Å². The van der Waals surface area contributed by atoms with E-state index in [1.54, 1.807) is 0 Å². The van der Waals surface area contributed by atoms with E-state index in [0.717, 1.165) is 16.9 Å². The third-order valence-corrected chi connectivity index (χ3v) is 4.54. The Morgan fingerprint density at radius 3 is 2.86 bits per heavy atom. The van der Waals surface area contributed by atoms with Crippen LogP contribution in [0.25, 0.3) is 11.0 Å². The molecule has 1 aromatic heterocycles. The van der Waals surface area contributed by atoms with Crippen LogP contribution in [0.4, 0.5) is 0 Å². The second-order valence-corrected chi connectivity index (χ2v) is 6.28. The second-order valence-electron chi connectivity index (χ2n) is 6.28. The minimum absolute atomic E-state index is 0.0577. The number of para-hydroxylation sites is 2. The fraction of sp³-hybridized carbons (Fsp3) is 0.529. The summed E-state index contributed by atoms with van der Waals surface area (Å²) in [4.78, 5) is 22.2. The van der Waals surface area contributed by atoms with Crippen molar-refractivity contribution in [2.75, 3.05) is 13.6 Å². The van der Waals surface area contributed by atoms with Gasteiger partial charge in [-0.3, -0.25) is 9.69 Å². The minimum Gasteiger partial charge on any atom is -0.345 e. The zero-order valence-electron chi connectivity index (χ0n) is 13.3. The standard InChI is InChI=1S/C17H24N4O/c1-12(17-19-14-9-5-6-10-15(14)20-17)18-16(22)11-21(2)13-7-3-4-8-13/h5-6,9-10,12-13H,3-4,7-8,11H2,1-2H3,(H,18,22)(H,19,20)/t12-/m0/s1. The van der Waals surface area contributed by atoms with E-state index in [-0.39, 0.29) is 11.9 Å². The van der Waals surface area contributed by atoms with E-state index in [1.165, 1.54) is 25.7 Å². The number of amides is 1. The predicted molar refractivity (Wildman–Crippen MR) is 87.5 cm³/mol. The van der Waals surface area contributed by atoms with Crippen molar-refractivity contribution in [2.24, 2.45) is 0 Å². The van der Waals surface area contributed by atoms with Crippen LogP contribution in [0.15, 0.2) is 24.3 Å². The summed E-state index contributed by atoms with van der Waals surface area (Å²) >= 11 is 0. The first-order chi connectivity index (χ1) is 10.6. The smallest absolute Gasteiger partial charge is 0.234 e. The van der Waals surface area contributed by atoms with Crippen LogP contribution in [0.1, 0.15) is 44.5 Å². The molecule has 2 aromatic rings. The monoisotopic (exact) mass is 300 g/mol. The maximum Gasteiger partial charge on any atom is 0.234 e. The molecule has 1 aliphatic carbocycles. The molecule has 5 heteroatoms. The maximum atomic E-state index is 12.2. The van der Waals surface area contributed by atoms with E-state index in [9.17, 15) is 4.79 Å². The zero-order valence-corrected chi connectivity index (χ0v) is 13.3. The Labute approximate surface area is 131 Å². The summed E-state index contributed by atoms with van der Waals surface area (Å²) in [5, 5.41) is 3.04. The number of hydrogen-bond donors (Lipinski definition) is 2. The van der Waals surface area contributed by atoms with Gasteiger partial charge in [0.15, 0.2) is 0 Å². The van der Waals surface area contributed by atoms with Crippen molar-refractivity contribution in [3.63, 3.8) is 0 Å². The highest BCUT2D eigenvalue weighted by Gasteiger charge is 2.22. The number of carbonyl (C=O) groups is 1. The van der Waals surface area contributed by atoms with Crippen LogP contribution in [-0.4, -0.2) is 40.4 Å². The molecule has 0 aliphatic heterocycles. The number of nitrogens with zero attached hydrogens (tertiary/aromatic N) is 2. The highest BCUT2D eigenvalue weighted by Crippen LogP contribution is 2.22. The van der Waals surface area contributed by atoms with E-state index in [2.05, 4.69) is 20.2 Å². The van der Waals surface area contributed by atoms with Crippen LogP contribution >= 0.6 is 0 Å². The first-order valence-electron chi connectivity index (χ1n) is 8.08. The normalized spacial score (nSPS) is 17.2. The van der Waals surface area contributed by atoms with Gasteiger partial charge in [0.05, 0.1) is 23.6 Å². The minimum atomic E-state index is -0.114. The van der Waals surface area contributed by atoms with E-state index in [0.29, 0.717) is 12.6 Å². The van der Waals surface area contributed by atoms with Gasteiger partial charge in [0.2, 0.25) is 5.91 Å². The number of nitrogens with one attached hydrogen (secondary N) is 2. The molecular weight excluding hydrogens is 276 g/mol. The number of fused-ring (bicyclic) bond motifs is 1. The van der Waals surface area contributed by atoms with Gasteiger partial charge in [0.1, 0.15) is 5.82 Å². The SMILES string of the molecule is C[C@H](NC(=O)CN(C)C1CCCC1)c1nc2ccccc2[nH]1. The number of hydrogen-bond acceptors (Lipinski definition) is 3. The molecule has 3 rings (SSSR count). The molecule has 1 amide bonds. The molecule has 0 spiro atoms. The van der Waals surface area contributed by atoms with Crippen molar-refractivity contribution in [1.82, 2.24) is 20.2 Å². The summed E-state index contributed by atoms with van der Waals surface area (Å²) in [5.41, 5.74) is 1.93. The van der Waals surface area contributed by atoms with Gasteiger partial charge in [-0.25, -0.2) is 4.98 Å². The lowest BCUT2D eigenvalue weighted by atomic mass is 10.2. The molecule has 0 unspecified atom stereocenters. The Balaban J connectivity index is 1.58. The third kappa shape index (κ3) is 3.30. The molecule has 5 nitrogen and oxygen atoms in total. The number of aromatic nitrogens is 2. The summed E-state index contributed by atoms with van der Waals surface area (Å²) in [6.07, 6.45) is 4.99. The molecule has 118 valence electrons. The number of H-pyrrole nitrogens is 1. The quantitative estimate of drug-likeness (QED) is 0.892. The fourth-order valence-corrected chi connectivity index (χ4v) is 3.23. The molecule has 0 saturated heterocycles. The van der Waals surface area contributed by atoms with E-state index in [4.69, 9.17) is 0 Å². The molecule has 2 N–H and O–H groups in total. The van der Waals surface area contributed by atoms with Crippen LogP contribution in [-0.2, 0) is 4.79 Å². The molecule has 0 bridgehead atoms. The Morgan fingerprint density at radius 2 is 2.14 bits per heavy atom. The number of aromatic amines is 1. The fourth-order valence-electron chi connectivity index (χ4n) is 3.23. The van der Waals surface area contributed by atoms with Gasteiger partial charge in [0.25, 0.3) is 0 Å². The molecule has 22 heavy (non-hydrogen) atoms. The Kier molecular flexibility index (Phi) is 4.43. The molecule has 1 aliphatic rings. The third-order valence-electron chi connectivity index (χ3n) is 4.54. The Hall–Kier alpha value is -1.88. The Morgan fingerprint density at radius 1 is 1.41 bits per heavy atom. The largest absolute Gasteiger partial charge is 0.345 e. The number of benzene rings is 1. The lowest BCUT2D eigenvalue weighted by Gasteiger charge is -2.24. The van der Waals surface area contributed by atoms with Gasteiger partial charge >= 0.3 is 0 Å². The molecule has 1 saturated carbocycles. The zero-order chi connectivity index (χ0) is 15.5. The molecule has 1 atom stereocenters. The van der Waals surface area contributed by atoms with E-state index < -0.39 is 0 Å². The lowest BCUT2D eigenvalue weighted by Crippen LogP contribution is -2.40. The van der Waals surface area contributed by atoms with Crippen LogP contribution in [0, 0.1) is 0 Å². The molecule has 0 radical (unpaired) electrons. The van der Waals surface area contributed by atoms with Crippen molar-refractivity contribution in [2.45, 2.75) is 44.7 Å². The average molecular weight is 300 g/mol. The highest BCUT2D eigenvalue weighted by atomic mass is 16.2. The number of carbonyl (C=O) groups excluding carboxylic acids is 1. The molecule has 1 heterocycles. The van der Waals surface area contributed by atoms with Gasteiger partial charge in [0, 0.05) is 6.04 Å².